The maximum atomic E-state index is 12.3. The molecule has 0 radical (unpaired) electrons. The number of fused-ring (bicyclic) bond motifs is 1. The number of amidine groups is 2. The van der Waals surface area contributed by atoms with Crippen LogP contribution in [0.4, 0.5) is 0 Å². The van der Waals surface area contributed by atoms with Crippen LogP contribution in [0.25, 0.3) is 0 Å². The fraction of sp³-hybridized carbons (Fsp3) is 0.818. The Morgan fingerprint density at radius 3 is 3.00 bits per heavy atom. The van der Waals surface area contributed by atoms with E-state index in [0.717, 1.165) is 19.3 Å². The highest BCUT2D eigenvalue weighted by Crippen LogP contribution is 2.42. The summed E-state index contributed by atoms with van der Waals surface area (Å²) < 4.78 is 11.7. The Morgan fingerprint density at radius 1 is 1.67 bits per heavy atom. The molecule has 2 heterocycles. The molecule has 18 heavy (non-hydrogen) atoms. The van der Waals surface area contributed by atoms with Gasteiger partial charge in [0.05, 0.1) is 18.2 Å². The minimum Gasteiger partial charge on any atom is -0.394 e. The predicted molar refractivity (Wildman–Crippen MR) is 72.7 cm³/mol. The molecule has 2 fully saturated rings. The molecular weight excluding hydrogens is 274 g/mol. The SMILES string of the molecule is C[C@@]12C(=NC3(CO)CC3)NC(Cl)=NC1CCS2=O. The van der Waals surface area contributed by atoms with Gasteiger partial charge in [-0.15, -0.1) is 0 Å². The minimum absolute atomic E-state index is 0.0281. The molecule has 3 rings (SSSR count). The van der Waals surface area contributed by atoms with Crippen molar-refractivity contribution in [2.45, 2.75) is 42.5 Å². The molecule has 0 aromatic heterocycles. The third kappa shape index (κ3) is 1.73. The van der Waals surface area contributed by atoms with E-state index in [-0.39, 0.29) is 18.2 Å². The Morgan fingerprint density at radius 2 is 2.39 bits per heavy atom. The maximum Gasteiger partial charge on any atom is 0.197 e. The molecule has 0 aromatic rings. The van der Waals surface area contributed by atoms with Gasteiger partial charge in [0, 0.05) is 16.6 Å². The number of aliphatic hydroxyl groups excluding tert-OH is 1. The monoisotopic (exact) mass is 289 g/mol. The van der Waals surface area contributed by atoms with Crippen molar-refractivity contribution < 1.29 is 9.32 Å². The quantitative estimate of drug-likeness (QED) is 0.722. The van der Waals surface area contributed by atoms with Gasteiger partial charge >= 0.3 is 0 Å². The van der Waals surface area contributed by atoms with E-state index in [1.807, 2.05) is 6.92 Å². The number of rotatable bonds is 2. The van der Waals surface area contributed by atoms with Gasteiger partial charge in [-0.2, -0.15) is 0 Å². The second kappa shape index (κ2) is 4.02. The Kier molecular flexibility index (Phi) is 2.80. The van der Waals surface area contributed by atoms with Gasteiger partial charge in [0.2, 0.25) is 0 Å². The van der Waals surface area contributed by atoms with Gasteiger partial charge in [-0.1, -0.05) is 0 Å². The summed E-state index contributed by atoms with van der Waals surface area (Å²) >= 11 is 5.98. The lowest BCUT2D eigenvalue weighted by Crippen LogP contribution is -2.56. The highest BCUT2D eigenvalue weighted by atomic mass is 35.5. The average Bonchev–Trinajstić information content (AvgIpc) is 3.05. The zero-order valence-electron chi connectivity index (χ0n) is 10.1. The molecule has 1 saturated carbocycles. The molecule has 0 aromatic carbocycles. The molecule has 1 aliphatic carbocycles. The fourth-order valence-electron chi connectivity index (χ4n) is 2.53. The molecule has 0 amide bonds. The zero-order chi connectivity index (χ0) is 13.0. The van der Waals surface area contributed by atoms with Crippen molar-refractivity contribution in [2.75, 3.05) is 12.4 Å². The first kappa shape index (κ1) is 12.6. The first-order valence-electron chi connectivity index (χ1n) is 6.10. The summed E-state index contributed by atoms with van der Waals surface area (Å²) in [6.45, 7) is 1.95. The van der Waals surface area contributed by atoms with Crippen molar-refractivity contribution in [3.63, 3.8) is 0 Å². The summed E-state index contributed by atoms with van der Waals surface area (Å²) in [4.78, 5) is 8.94. The fourth-order valence-corrected chi connectivity index (χ4v) is 4.38. The highest BCUT2D eigenvalue weighted by molar-refractivity contribution is 7.87. The maximum absolute atomic E-state index is 12.3. The summed E-state index contributed by atoms with van der Waals surface area (Å²) in [5.41, 5.74) is -0.378. The smallest absolute Gasteiger partial charge is 0.197 e. The molecule has 0 bridgehead atoms. The van der Waals surface area contributed by atoms with Crippen LogP contribution < -0.4 is 5.32 Å². The van der Waals surface area contributed by atoms with Crippen LogP contribution in [0.5, 0.6) is 0 Å². The van der Waals surface area contributed by atoms with Crippen LogP contribution in [0.2, 0.25) is 0 Å². The van der Waals surface area contributed by atoms with E-state index in [1.54, 1.807) is 0 Å². The van der Waals surface area contributed by atoms with Gasteiger partial charge in [0.25, 0.3) is 0 Å². The van der Waals surface area contributed by atoms with Crippen molar-refractivity contribution >= 4 is 33.5 Å². The second-order valence-electron chi connectivity index (χ2n) is 5.35. The summed E-state index contributed by atoms with van der Waals surface area (Å²) in [5.74, 6) is 1.26. The van der Waals surface area contributed by atoms with E-state index < -0.39 is 15.5 Å². The number of hydrogen-bond acceptors (Lipinski definition) is 4. The molecule has 2 unspecified atom stereocenters. The predicted octanol–water partition coefficient (Wildman–Crippen LogP) is 0.388. The lowest BCUT2D eigenvalue weighted by atomic mass is 9.96. The van der Waals surface area contributed by atoms with E-state index in [1.165, 1.54) is 0 Å². The Labute approximate surface area is 113 Å². The highest BCUT2D eigenvalue weighted by Gasteiger charge is 2.54. The van der Waals surface area contributed by atoms with Crippen LogP contribution >= 0.6 is 11.6 Å². The second-order valence-corrected chi connectivity index (χ2v) is 7.65. The number of hydrogen-bond donors (Lipinski definition) is 2. The molecule has 5 nitrogen and oxygen atoms in total. The Bertz CT molecular complexity index is 475. The van der Waals surface area contributed by atoms with Crippen LogP contribution in [0.15, 0.2) is 9.98 Å². The van der Waals surface area contributed by atoms with Crippen LogP contribution in [-0.2, 0) is 10.8 Å². The van der Waals surface area contributed by atoms with Gasteiger partial charge in [-0.25, -0.2) is 0 Å². The van der Waals surface area contributed by atoms with Crippen LogP contribution in [0.3, 0.4) is 0 Å². The number of nitrogens with zero attached hydrogens (tertiary/aromatic N) is 2. The lowest BCUT2D eigenvalue weighted by molar-refractivity contribution is 0.257. The normalized spacial score (nSPS) is 43.3. The molecule has 1 saturated heterocycles. The summed E-state index contributed by atoms with van der Waals surface area (Å²) in [6.07, 6.45) is 2.51. The third-order valence-corrected chi connectivity index (χ3v) is 6.33. The van der Waals surface area contributed by atoms with Crippen LogP contribution in [0.1, 0.15) is 26.2 Å². The van der Waals surface area contributed by atoms with E-state index in [0.29, 0.717) is 16.9 Å². The molecule has 3 atom stereocenters. The van der Waals surface area contributed by atoms with Crippen molar-refractivity contribution in [3.05, 3.63) is 0 Å². The van der Waals surface area contributed by atoms with Crippen LogP contribution in [-0.4, -0.2) is 49.1 Å². The zero-order valence-corrected chi connectivity index (χ0v) is 11.7. The van der Waals surface area contributed by atoms with Gasteiger partial charge in [0.1, 0.15) is 10.6 Å². The molecule has 2 aliphatic heterocycles. The van der Waals surface area contributed by atoms with Crippen molar-refractivity contribution in [1.29, 1.82) is 0 Å². The van der Waals surface area contributed by atoms with E-state index in [9.17, 15) is 9.32 Å². The topological polar surface area (TPSA) is 74.1 Å². The first-order chi connectivity index (χ1) is 8.50. The lowest BCUT2D eigenvalue weighted by Gasteiger charge is -2.34. The third-order valence-electron chi connectivity index (χ3n) is 4.12. The minimum atomic E-state index is -0.999. The standard InChI is InChI=1S/C11H16ClN3O2S/c1-10-7(2-5-18(10)17)13-9(12)14-8(10)15-11(6-16)3-4-11/h7,16H,2-6H2,1H3,(H,13,14,15)/t7?,10-,18?/m0/s1. The van der Waals surface area contributed by atoms with E-state index in [4.69, 9.17) is 11.6 Å². The largest absolute Gasteiger partial charge is 0.394 e. The van der Waals surface area contributed by atoms with Gasteiger partial charge < -0.3 is 10.4 Å². The van der Waals surface area contributed by atoms with E-state index >= 15 is 0 Å². The number of halogens is 1. The Hall–Kier alpha value is -0.460. The molecule has 7 heteroatoms. The molecule has 0 spiro atoms. The average molecular weight is 290 g/mol. The summed E-state index contributed by atoms with van der Waals surface area (Å²) in [6, 6.07) is -0.0691. The first-order valence-corrected chi connectivity index (χ1v) is 7.80. The Balaban J connectivity index is 2.03. The summed E-state index contributed by atoms with van der Waals surface area (Å²) in [5, 5.41) is 12.6. The van der Waals surface area contributed by atoms with Crippen molar-refractivity contribution in [3.8, 4) is 0 Å². The molecule has 3 aliphatic rings. The van der Waals surface area contributed by atoms with Gasteiger partial charge in [-0.05, 0) is 37.8 Å². The van der Waals surface area contributed by atoms with Gasteiger partial charge in [-0.3, -0.25) is 14.2 Å². The summed E-state index contributed by atoms with van der Waals surface area (Å²) in [7, 11) is -0.999. The molecule has 100 valence electrons. The number of aliphatic hydroxyl groups is 1. The van der Waals surface area contributed by atoms with E-state index in [2.05, 4.69) is 15.3 Å². The molecular formula is C11H16ClN3O2S. The number of aliphatic imine (C=N–C) groups is 2. The van der Waals surface area contributed by atoms with Crippen molar-refractivity contribution in [2.24, 2.45) is 9.98 Å². The van der Waals surface area contributed by atoms with Gasteiger partial charge in [0.15, 0.2) is 5.29 Å². The molecule has 2 N–H and O–H groups in total. The number of nitrogens with one attached hydrogen (secondary N) is 1. The van der Waals surface area contributed by atoms with Crippen molar-refractivity contribution in [1.82, 2.24) is 5.32 Å². The van der Waals surface area contributed by atoms with Crippen LogP contribution in [0, 0.1) is 0 Å².